The summed E-state index contributed by atoms with van der Waals surface area (Å²) < 4.78 is 79.7. The fourth-order valence-electron chi connectivity index (χ4n) is 4.76. The number of hydrogen-bond acceptors (Lipinski definition) is 7. The summed E-state index contributed by atoms with van der Waals surface area (Å²) in [5, 5.41) is 13.3. The molecule has 5 N–H and O–H groups in total. The van der Waals surface area contributed by atoms with Gasteiger partial charge in [0.15, 0.2) is 6.29 Å². The predicted octanol–water partition coefficient (Wildman–Crippen LogP) is 5.97. The fraction of sp³-hybridized carbons (Fsp3) is 0.484. The first-order chi connectivity index (χ1) is 21.0. The van der Waals surface area contributed by atoms with Gasteiger partial charge in [0.25, 0.3) is 0 Å². The van der Waals surface area contributed by atoms with Crippen LogP contribution in [-0.4, -0.2) is 50.1 Å². The highest BCUT2D eigenvalue weighted by molar-refractivity contribution is 7.89. The van der Waals surface area contributed by atoms with Crippen molar-refractivity contribution in [2.75, 3.05) is 6.54 Å². The summed E-state index contributed by atoms with van der Waals surface area (Å²) in [5.41, 5.74) is -0.362. The van der Waals surface area contributed by atoms with E-state index in [4.69, 9.17) is 5.14 Å². The lowest BCUT2D eigenvalue weighted by Crippen LogP contribution is -2.60. The second-order valence-corrected chi connectivity index (χ2v) is 11.7. The van der Waals surface area contributed by atoms with Crippen molar-refractivity contribution in [3.8, 4) is 0 Å². The van der Waals surface area contributed by atoms with Gasteiger partial charge in [0.1, 0.15) is 17.2 Å². The van der Waals surface area contributed by atoms with Crippen molar-refractivity contribution in [1.82, 2.24) is 16.0 Å². The Morgan fingerprint density at radius 1 is 1.05 bits per heavy atom. The Morgan fingerprint density at radius 3 is 2.27 bits per heavy atom. The SMILES string of the molecule is CC.CC.NS(=O)(=O)C1C=CC(CNC2/N=C/C=C\C(c3ccc(F)cc3)=N/C=C(\NC3(C(F)(F)F)CCCCC3)N2)=CC1. The topological polar surface area (TPSA) is 121 Å². The van der Waals surface area contributed by atoms with E-state index in [9.17, 15) is 26.0 Å². The largest absolute Gasteiger partial charge is 0.411 e. The van der Waals surface area contributed by atoms with Gasteiger partial charge in [-0.25, -0.2) is 17.9 Å². The van der Waals surface area contributed by atoms with E-state index in [1.165, 1.54) is 42.8 Å². The number of benzene rings is 1. The average Bonchev–Trinajstić information content (AvgIpc) is 3.01. The number of alkyl halides is 3. The normalized spacial score (nSPS) is 25.4. The second-order valence-electron chi connectivity index (χ2n) is 9.92. The van der Waals surface area contributed by atoms with Crippen LogP contribution in [0, 0.1) is 5.82 Å². The van der Waals surface area contributed by atoms with E-state index >= 15 is 0 Å². The van der Waals surface area contributed by atoms with Crippen molar-refractivity contribution in [2.24, 2.45) is 15.1 Å². The Kier molecular flexibility index (Phi) is 14.5. The maximum absolute atomic E-state index is 14.3. The van der Waals surface area contributed by atoms with Crippen LogP contribution >= 0.6 is 0 Å². The van der Waals surface area contributed by atoms with E-state index in [0.717, 1.165) is 12.0 Å². The molecule has 4 rings (SSSR count). The maximum Gasteiger partial charge on any atom is 0.411 e. The Morgan fingerprint density at radius 2 is 1.70 bits per heavy atom. The minimum Gasteiger partial charge on any atom is -0.357 e. The number of allylic oxidation sites excluding steroid dienone is 3. The van der Waals surface area contributed by atoms with Crippen molar-refractivity contribution in [3.63, 3.8) is 0 Å². The van der Waals surface area contributed by atoms with Crippen molar-refractivity contribution < 1.29 is 26.0 Å². The van der Waals surface area contributed by atoms with E-state index in [0.29, 0.717) is 24.1 Å². The molecule has 1 aromatic carbocycles. The van der Waals surface area contributed by atoms with Gasteiger partial charge in [-0.1, -0.05) is 65.2 Å². The molecule has 0 saturated heterocycles. The van der Waals surface area contributed by atoms with Gasteiger partial charge >= 0.3 is 6.18 Å². The summed E-state index contributed by atoms with van der Waals surface area (Å²) in [6.45, 7) is 8.26. The summed E-state index contributed by atoms with van der Waals surface area (Å²) in [5.74, 6) is -0.401. The highest BCUT2D eigenvalue weighted by atomic mass is 32.2. The maximum atomic E-state index is 14.3. The Balaban J connectivity index is 0.00000162. The number of hydrogen-bond donors (Lipinski definition) is 4. The van der Waals surface area contributed by atoms with Crippen molar-refractivity contribution in [2.45, 2.75) is 89.5 Å². The lowest BCUT2D eigenvalue weighted by molar-refractivity contribution is -0.203. The first-order valence-electron chi connectivity index (χ1n) is 14.9. The van der Waals surface area contributed by atoms with Crippen molar-refractivity contribution in [1.29, 1.82) is 0 Å². The van der Waals surface area contributed by atoms with Gasteiger partial charge in [-0.15, -0.1) is 0 Å². The molecule has 44 heavy (non-hydrogen) atoms. The zero-order valence-corrected chi connectivity index (χ0v) is 26.5. The molecule has 3 aliphatic rings. The highest BCUT2D eigenvalue weighted by Gasteiger charge is 2.55. The van der Waals surface area contributed by atoms with Crippen LogP contribution in [0.25, 0.3) is 0 Å². The molecular formula is C31H44F4N6O2S. The minimum absolute atomic E-state index is 0.0197. The molecule has 1 aliphatic heterocycles. The minimum atomic E-state index is -4.50. The Labute approximate surface area is 258 Å². The summed E-state index contributed by atoms with van der Waals surface area (Å²) in [7, 11) is -3.70. The molecule has 2 aliphatic carbocycles. The van der Waals surface area contributed by atoms with Gasteiger partial charge in [-0.05, 0) is 61.3 Å². The summed E-state index contributed by atoms with van der Waals surface area (Å²) in [6, 6.07) is 5.62. The van der Waals surface area contributed by atoms with Crippen molar-refractivity contribution >= 4 is 21.9 Å². The molecule has 2 atom stereocenters. The molecule has 1 aromatic rings. The number of nitrogens with one attached hydrogen (secondary N) is 3. The lowest BCUT2D eigenvalue weighted by Gasteiger charge is -2.41. The third-order valence-electron chi connectivity index (χ3n) is 7.02. The van der Waals surface area contributed by atoms with Crippen LogP contribution in [0.5, 0.6) is 0 Å². The van der Waals surface area contributed by atoms with Gasteiger partial charge in [-0.2, -0.15) is 13.2 Å². The van der Waals surface area contributed by atoms with Crippen LogP contribution < -0.4 is 21.1 Å². The fourth-order valence-corrected chi connectivity index (χ4v) is 5.42. The zero-order valence-electron chi connectivity index (χ0n) is 25.7. The van der Waals surface area contributed by atoms with Gasteiger partial charge in [0.05, 0.1) is 17.2 Å². The molecule has 1 fully saturated rings. The van der Waals surface area contributed by atoms with E-state index in [1.807, 2.05) is 27.7 Å². The molecular weight excluding hydrogens is 596 g/mol. The number of aliphatic imine (C=N–C) groups is 2. The molecule has 0 aromatic heterocycles. The monoisotopic (exact) mass is 640 g/mol. The van der Waals surface area contributed by atoms with Crippen LogP contribution in [0.1, 0.15) is 71.8 Å². The molecule has 1 heterocycles. The molecule has 0 spiro atoms. The smallest absolute Gasteiger partial charge is 0.357 e. The van der Waals surface area contributed by atoms with E-state index < -0.39 is 39.1 Å². The van der Waals surface area contributed by atoms with Crippen LogP contribution in [0.3, 0.4) is 0 Å². The third-order valence-corrected chi connectivity index (χ3v) is 8.22. The molecule has 0 radical (unpaired) electrons. The molecule has 2 unspecified atom stereocenters. The number of halogens is 4. The number of nitrogens with two attached hydrogens (primary N) is 1. The van der Waals surface area contributed by atoms with Gasteiger partial charge in [0, 0.05) is 18.3 Å². The molecule has 0 amide bonds. The van der Waals surface area contributed by atoms with Crippen LogP contribution in [0.2, 0.25) is 0 Å². The van der Waals surface area contributed by atoms with Crippen LogP contribution in [0.15, 0.2) is 82.2 Å². The number of primary sulfonamides is 1. The lowest BCUT2D eigenvalue weighted by atomic mass is 9.81. The summed E-state index contributed by atoms with van der Waals surface area (Å²) >= 11 is 0. The van der Waals surface area contributed by atoms with Crippen molar-refractivity contribution in [3.05, 3.63) is 83.6 Å². The first-order valence-corrected chi connectivity index (χ1v) is 16.5. The van der Waals surface area contributed by atoms with E-state index in [2.05, 4.69) is 25.9 Å². The molecule has 8 nitrogen and oxygen atoms in total. The summed E-state index contributed by atoms with van der Waals surface area (Å²) in [4.78, 5) is 8.85. The van der Waals surface area contributed by atoms with Crippen LogP contribution in [0.4, 0.5) is 17.6 Å². The Bertz CT molecular complexity index is 1340. The van der Waals surface area contributed by atoms with Crippen LogP contribution in [-0.2, 0) is 10.0 Å². The molecule has 0 bridgehead atoms. The number of sulfonamides is 1. The molecule has 13 heteroatoms. The van der Waals surface area contributed by atoms with Gasteiger partial charge in [0.2, 0.25) is 10.0 Å². The van der Waals surface area contributed by atoms with E-state index in [-0.39, 0.29) is 31.6 Å². The number of nitrogens with zero attached hydrogens (tertiary/aromatic N) is 2. The summed E-state index contributed by atoms with van der Waals surface area (Å²) in [6.07, 6.45) is 7.24. The third kappa shape index (κ3) is 10.7. The average molecular weight is 641 g/mol. The Hall–Kier alpha value is -3.29. The zero-order chi connectivity index (χ0) is 32.8. The van der Waals surface area contributed by atoms with Gasteiger partial charge in [-0.3, -0.25) is 15.3 Å². The second kappa shape index (κ2) is 17.3. The number of rotatable bonds is 7. The predicted molar refractivity (Wildman–Crippen MR) is 170 cm³/mol. The first kappa shape index (κ1) is 36.9. The molecule has 1 saturated carbocycles. The molecule has 244 valence electrons. The quantitative estimate of drug-likeness (QED) is 0.274. The highest BCUT2D eigenvalue weighted by Crippen LogP contribution is 2.42. The standard InChI is InChI=1S/C27H32F4N6O2S.2C2H6/c28-21-10-8-20(9-11-21)23-5-4-16-33-25(35-17-19-6-12-22(13-7-19)40(32,38)39)36-24(18-34-23)37-26(27(29,30)31)14-2-1-3-15-26;2*1-2/h4-12,16,18,22,25,35-37H,1-3,13-15,17H2,(H2,32,38,39);2*1-2H3/b5-4-,24-18-,33-16+,34-23+;;. The van der Waals surface area contributed by atoms with Gasteiger partial charge < -0.3 is 10.6 Å². The van der Waals surface area contributed by atoms with E-state index in [1.54, 1.807) is 24.3 Å².